The molecule has 0 bridgehead atoms. The number of aliphatic hydroxyl groups is 1. The van der Waals surface area contributed by atoms with Crippen LogP contribution in [0.1, 0.15) is 41.0 Å². The molecule has 0 aromatic carbocycles. The van der Waals surface area contributed by atoms with Crippen LogP contribution in [0.25, 0.3) is 11.5 Å². The predicted molar refractivity (Wildman–Crippen MR) is 97.8 cm³/mol. The van der Waals surface area contributed by atoms with Crippen molar-refractivity contribution in [1.29, 1.82) is 0 Å². The van der Waals surface area contributed by atoms with E-state index in [0.717, 1.165) is 18.6 Å². The van der Waals surface area contributed by atoms with Crippen molar-refractivity contribution in [3.8, 4) is 11.5 Å². The molecule has 0 radical (unpaired) electrons. The number of hydrogen-bond donors (Lipinski definition) is 2. The van der Waals surface area contributed by atoms with Crippen molar-refractivity contribution in [2.45, 2.75) is 25.9 Å². The monoisotopic (exact) mass is 369 g/mol. The summed E-state index contributed by atoms with van der Waals surface area (Å²) in [5.74, 6) is 2.13. The third-order valence-corrected chi connectivity index (χ3v) is 5.20. The predicted octanol–water partition coefficient (Wildman–Crippen LogP) is 2.30. The fourth-order valence-electron chi connectivity index (χ4n) is 3.59. The van der Waals surface area contributed by atoms with Crippen molar-refractivity contribution in [3.05, 3.63) is 47.9 Å². The zero-order chi connectivity index (χ0) is 19.0. The second-order valence-corrected chi connectivity index (χ2v) is 7.05. The molecule has 8 heteroatoms. The molecule has 0 aliphatic carbocycles. The number of amides is 1. The first-order valence-corrected chi connectivity index (χ1v) is 9.09. The van der Waals surface area contributed by atoms with Gasteiger partial charge in [0.2, 0.25) is 0 Å². The lowest BCUT2D eigenvalue weighted by molar-refractivity contribution is 0.0417. The second-order valence-electron chi connectivity index (χ2n) is 7.05. The Hall–Kier alpha value is -2.87. The molecule has 0 unspecified atom stereocenters. The smallest absolute Gasteiger partial charge is 0.274 e. The van der Waals surface area contributed by atoms with Gasteiger partial charge in [-0.05, 0) is 37.8 Å². The van der Waals surface area contributed by atoms with Crippen LogP contribution in [0.2, 0.25) is 0 Å². The van der Waals surface area contributed by atoms with Gasteiger partial charge in [0.05, 0.1) is 0 Å². The molecule has 3 aromatic heterocycles. The highest BCUT2D eigenvalue weighted by molar-refractivity contribution is 5.93. The zero-order valence-electron chi connectivity index (χ0n) is 15.4. The van der Waals surface area contributed by atoms with Gasteiger partial charge in [0, 0.05) is 38.6 Å². The summed E-state index contributed by atoms with van der Waals surface area (Å²) in [6.45, 7) is 3.05. The number of aryl methyl sites for hydroxylation is 2. The number of carbonyl (C=O) groups excluding carboxylic acids is 1. The summed E-state index contributed by atoms with van der Waals surface area (Å²) in [5, 5.41) is 17.6. The SMILES string of the molecule is Cc1ccc(-c2cc(C(=O)N3CCC([C@@H](O)c4nccn4C)CC3)n[nH]2)o1. The van der Waals surface area contributed by atoms with Crippen LogP contribution in [0.4, 0.5) is 0 Å². The Morgan fingerprint density at radius 1 is 1.37 bits per heavy atom. The van der Waals surface area contributed by atoms with Gasteiger partial charge < -0.3 is 19.0 Å². The van der Waals surface area contributed by atoms with E-state index in [1.165, 1.54) is 0 Å². The highest BCUT2D eigenvalue weighted by Crippen LogP contribution is 2.30. The van der Waals surface area contributed by atoms with Gasteiger partial charge in [0.1, 0.15) is 23.4 Å². The molecule has 3 aromatic rings. The van der Waals surface area contributed by atoms with Crippen molar-refractivity contribution >= 4 is 5.91 Å². The van der Waals surface area contributed by atoms with Crippen LogP contribution in [-0.2, 0) is 7.05 Å². The van der Waals surface area contributed by atoms with E-state index in [-0.39, 0.29) is 11.8 Å². The molecule has 1 aliphatic heterocycles. The normalized spacial score (nSPS) is 16.6. The lowest BCUT2D eigenvalue weighted by atomic mass is 9.90. The van der Waals surface area contributed by atoms with E-state index in [4.69, 9.17) is 4.42 Å². The summed E-state index contributed by atoms with van der Waals surface area (Å²) in [5.41, 5.74) is 1.06. The van der Waals surface area contributed by atoms with Gasteiger partial charge in [0.15, 0.2) is 11.5 Å². The largest absolute Gasteiger partial charge is 0.460 e. The molecule has 1 fully saturated rings. The van der Waals surface area contributed by atoms with E-state index in [1.807, 2.05) is 36.9 Å². The molecule has 8 nitrogen and oxygen atoms in total. The van der Waals surface area contributed by atoms with Crippen LogP contribution in [-0.4, -0.2) is 48.8 Å². The van der Waals surface area contributed by atoms with E-state index in [0.29, 0.717) is 36.1 Å². The molecule has 0 spiro atoms. The van der Waals surface area contributed by atoms with Gasteiger partial charge >= 0.3 is 0 Å². The van der Waals surface area contributed by atoms with Crippen LogP contribution < -0.4 is 0 Å². The van der Waals surface area contributed by atoms with Crippen LogP contribution in [0.5, 0.6) is 0 Å². The van der Waals surface area contributed by atoms with Crippen LogP contribution in [0.3, 0.4) is 0 Å². The maximum absolute atomic E-state index is 12.7. The number of carbonyl (C=O) groups is 1. The van der Waals surface area contributed by atoms with E-state index in [9.17, 15) is 9.90 Å². The number of aromatic amines is 1. The van der Waals surface area contributed by atoms with Crippen molar-refractivity contribution in [1.82, 2.24) is 24.6 Å². The number of piperidine rings is 1. The second kappa shape index (κ2) is 7.03. The number of furan rings is 1. The van der Waals surface area contributed by atoms with Gasteiger partial charge in [-0.25, -0.2) is 4.98 Å². The minimum absolute atomic E-state index is 0.0935. The molecule has 1 atom stereocenters. The van der Waals surface area contributed by atoms with Gasteiger partial charge in [-0.2, -0.15) is 5.10 Å². The number of aliphatic hydroxyl groups excluding tert-OH is 1. The van der Waals surface area contributed by atoms with E-state index < -0.39 is 6.10 Å². The quantitative estimate of drug-likeness (QED) is 0.735. The number of imidazole rings is 1. The molecule has 1 amide bonds. The molecule has 0 saturated carbocycles. The van der Waals surface area contributed by atoms with Crippen molar-refractivity contribution < 1.29 is 14.3 Å². The van der Waals surface area contributed by atoms with E-state index >= 15 is 0 Å². The summed E-state index contributed by atoms with van der Waals surface area (Å²) in [6, 6.07) is 5.44. The van der Waals surface area contributed by atoms with E-state index in [1.54, 1.807) is 17.2 Å². The minimum atomic E-state index is -0.610. The Kier molecular flexibility index (Phi) is 4.57. The van der Waals surface area contributed by atoms with Crippen LogP contribution in [0, 0.1) is 12.8 Å². The summed E-state index contributed by atoms with van der Waals surface area (Å²) in [6.07, 6.45) is 4.37. The number of aromatic nitrogens is 4. The summed E-state index contributed by atoms with van der Waals surface area (Å²) >= 11 is 0. The first-order chi connectivity index (χ1) is 13.0. The summed E-state index contributed by atoms with van der Waals surface area (Å²) < 4.78 is 7.40. The van der Waals surface area contributed by atoms with Gasteiger partial charge in [-0.1, -0.05) is 0 Å². The molecule has 1 saturated heterocycles. The molecule has 27 heavy (non-hydrogen) atoms. The number of nitrogens with zero attached hydrogens (tertiary/aromatic N) is 4. The highest BCUT2D eigenvalue weighted by Gasteiger charge is 2.31. The molecule has 1 aliphatic rings. The first kappa shape index (κ1) is 17.5. The van der Waals surface area contributed by atoms with Crippen molar-refractivity contribution in [3.63, 3.8) is 0 Å². The summed E-state index contributed by atoms with van der Waals surface area (Å²) in [4.78, 5) is 18.8. The van der Waals surface area contributed by atoms with Gasteiger partial charge in [-0.3, -0.25) is 9.89 Å². The standard InChI is InChI=1S/C19H23N5O3/c1-12-3-4-16(27-12)14-11-15(22-21-14)19(26)24-8-5-13(6-9-24)17(25)18-20-7-10-23(18)2/h3-4,7,10-11,13,17,25H,5-6,8-9H2,1-2H3,(H,21,22)/t17-/m1/s1. The maximum Gasteiger partial charge on any atom is 0.274 e. The Bertz CT molecular complexity index is 933. The Labute approximate surface area is 156 Å². The van der Waals surface area contributed by atoms with Crippen LogP contribution in [0.15, 0.2) is 35.0 Å². The number of likely N-dealkylation sites (tertiary alicyclic amines) is 1. The average molecular weight is 369 g/mol. The minimum Gasteiger partial charge on any atom is -0.460 e. The van der Waals surface area contributed by atoms with Crippen molar-refractivity contribution in [2.24, 2.45) is 13.0 Å². The Morgan fingerprint density at radius 3 is 2.78 bits per heavy atom. The molecule has 2 N–H and O–H groups in total. The molecule has 4 heterocycles. The Morgan fingerprint density at radius 2 is 2.15 bits per heavy atom. The van der Waals surface area contributed by atoms with Gasteiger partial charge in [0.25, 0.3) is 5.91 Å². The Balaban J connectivity index is 1.39. The van der Waals surface area contributed by atoms with E-state index in [2.05, 4.69) is 15.2 Å². The maximum atomic E-state index is 12.7. The molecular formula is C19H23N5O3. The topological polar surface area (TPSA) is 100 Å². The third-order valence-electron chi connectivity index (χ3n) is 5.20. The molecule has 4 rings (SSSR count). The fourth-order valence-corrected chi connectivity index (χ4v) is 3.59. The number of H-pyrrole nitrogens is 1. The molecular weight excluding hydrogens is 346 g/mol. The molecule has 142 valence electrons. The number of nitrogens with one attached hydrogen (secondary N) is 1. The fraction of sp³-hybridized carbons (Fsp3) is 0.421. The average Bonchev–Trinajstić information content (AvgIpc) is 3.41. The lowest BCUT2D eigenvalue weighted by Gasteiger charge is -2.33. The van der Waals surface area contributed by atoms with Crippen molar-refractivity contribution in [2.75, 3.05) is 13.1 Å². The zero-order valence-corrected chi connectivity index (χ0v) is 15.4. The van der Waals surface area contributed by atoms with Gasteiger partial charge in [-0.15, -0.1) is 0 Å². The first-order valence-electron chi connectivity index (χ1n) is 9.09. The summed E-state index contributed by atoms with van der Waals surface area (Å²) in [7, 11) is 1.87. The number of hydrogen-bond acceptors (Lipinski definition) is 5. The third kappa shape index (κ3) is 3.40. The highest BCUT2D eigenvalue weighted by atomic mass is 16.3. The van der Waals surface area contributed by atoms with Crippen LogP contribution >= 0.6 is 0 Å². The number of rotatable bonds is 4. The lowest BCUT2D eigenvalue weighted by Crippen LogP contribution is -2.40.